The minimum Gasteiger partial charge on any atom is -0.490 e. The van der Waals surface area contributed by atoms with Crippen LogP contribution in [-0.4, -0.2) is 22.7 Å². The summed E-state index contributed by atoms with van der Waals surface area (Å²) in [5.74, 6) is 1.89. The quantitative estimate of drug-likeness (QED) is 0.231. The number of aromatic nitrogens is 2. The Morgan fingerprint density at radius 1 is 0.812 bits per heavy atom. The number of rotatable bonds is 17. The molecule has 178 valence electrons. The van der Waals surface area contributed by atoms with Crippen molar-refractivity contribution in [1.29, 1.82) is 0 Å². The highest BCUT2D eigenvalue weighted by atomic mass is 19.1. The smallest absolute Gasteiger partial charge is 0.159 e. The van der Waals surface area contributed by atoms with Crippen LogP contribution in [-0.2, 0) is 6.42 Å². The molecule has 1 heterocycles. The molecule has 0 aliphatic carbocycles. The van der Waals surface area contributed by atoms with E-state index in [0.717, 1.165) is 18.4 Å². The topological polar surface area (TPSA) is 35.0 Å². The first-order valence-corrected chi connectivity index (χ1v) is 12.8. The lowest BCUT2D eigenvalue weighted by atomic mass is 9.98. The SMILES string of the molecule is CCCCCCCCc1ccc(-c2ncc(OCCC(F)CCC(C)CCC)cn2)cc1. The molecule has 32 heavy (non-hydrogen) atoms. The van der Waals surface area contributed by atoms with Crippen LogP contribution in [0.25, 0.3) is 11.4 Å². The van der Waals surface area contributed by atoms with E-state index in [4.69, 9.17) is 4.74 Å². The van der Waals surface area contributed by atoms with Crippen LogP contribution in [0.2, 0.25) is 0 Å². The maximum atomic E-state index is 14.1. The molecule has 3 nitrogen and oxygen atoms in total. The second-order valence-corrected chi connectivity index (χ2v) is 9.16. The van der Waals surface area contributed by atoms with Gasteiger partial charge in [0.2, 0.25) is 0 Å². The summed E-state index contributed by atoms with van der Waals surface area (Å²) in [7, 11) is 0. The molecular weight excluding hydrogens is 399 g/mol. The van der Waals surface area contributed by atoms with Crippen LogP contribution in [0.4, 0.5) is 4.39 Å². The standard InChI is InChI=1S/C28H43FN2O/c1-4-6-7-8-9-10-12-24-14-16-25(17-15-24)28-30-21-27(22-31-28)32-20-19-26(29)18-13-23(3)11-5-2/h14-17,21-23,26H,4-13,18-20H2,1-3H3. The van der Waals surface area contributed by atoms with Gasteiger partial charge in [0, 0.05) is 12.0 Å². The van der Waals surface area contributed by atoms with E-state index in [2.05, 4.69) is 55.0 Å². The Morgan fingerprint density at radius 2 is 1.50 bits per heavy atom. The van der Waals surface area contributed by atoms with Gasteiger partial charge in [-0.15, -0.1) is 0 Å². The van der Waals surface area contributed by atoms with Gasteiger partial charge in [0.15, 0.2) is 11.6 Å². The molecule has 2 aromatic rings. The second-order valence-electron chi connectivity index (χ2n) is 9.16. The predicted octanol–water partition coefficient (Wildman–Crippen LogP) is 8.37. The van der Waals surface area contributed by atoms with Gasteiger partial charge in [-0.1, -0.05) is 90.0 Å². The lowest BCUT2D eigenvalue weighted by Crippen LogP contribution is -2.09. The molecule has 1 aromatic carbocycles. The number of hydrogen-bond acceptors (Lipinski definition) is 3. The van der Waals surface area contributed by atoms with Gasteiger partial charge < -0.3 is 4.74 Å². The van der Waals surface area contributed by atoms with Crippen molar-refractivity contribution in [3.8, 4) is 17.1 Å². The Labute approximate surface area is 195 Å². The van der Waals surface area contributed by atoms with Crippen molar-refractivity contribution >= 4 is 0 Å². The Balaban J connectivity index is 1.69. The van der Waals surface area contributed by atoms with Gasteiger partial charge in [-0.05, 0) is 37.2 Å². The molecule has 0 fully saturated rings. The molecule has 0 bridgehead atoms. The van der Waals surface area contributed by atoms with Crippen LogP contribution in [0.5, 0.6) is 5.75 Å². The Bertz CT molecular complexity index is 717. The Kier molecular flexibility index (Phi) is 13.0. The van der Waals surface area contributed by atoms with Gasteiger partial charge in [-0.3, -0.25) is 0 Å². The molecule has 2 unspecified atom stereocenters. The molecule has 0 radical (unpaired) electrons. The Hall–Kier alpha value is -1.97. The van der Waals surface area contributed by atoms with E-state index in [0.29, 0.717) is 36.9 Å². The van der Waals surface area contributed by atoms with Gasteiger partial charge in [-0.25, -0.2) is 14.4 Å². The third kappa shape index (κ3) is 10.6. The number of hydrogen-bond donors (Lipinski definition) is 0. The molecule has 0 N–H and O–H groups in total. The summed E-state index contributed by atoms with van der Waals surface area (Å²) in [6.45, 7) is 7.00. The summed E-state index contributed by atoms with van der Waals surface area (Å²) < 4.78 is 19.7. The number of ether oxygens (including phenoxy) is 1. The molecule has 0 saturated heterocycles. The van der Waals surface area contributed by atoms with Gasteiger partial charge in [0.05, 0.1) is 19.0 Å². The van der Waals surface area contributed by atoms with E-state index in [-0.39, 0.29) is 0 Å². The lowest BCUT2D eigenvalue weighted by Gasteiger charge is -2.13. The minimum absolute atomic E-state index is 0.360. The van der Waals surface area contributed by atoms with Crippen molar-refractivity contribution in [2.24, 2.45) is 5.92 Å². The van der Waals surface area contributed by atoms with Gasteiger partial charge in [-0.2, -0.15) is 0 Å². The highest BCUT2D eigenvalue weighted by Crippen LogP contribution is 2.20. The third-order valence-corrected chi connectivity index (χ3v) is 6.11. The number of halogens is 1. The zero-order chi connectivity index (χ0) is 23.0. The highest BCUT2D eigenvalue weighted by Gasteiger charge is 2.10. The molecule has 0 aliphatic heterocycles. The lowest BCUT2D eigenvalue weighted by molar-refractivity contribution is 0.215. The van der Waals surface area contributed by atoms with Crippen LogP contribution >= 0.6 is 0 Å². The summed E-state index contributed by atoms with van der Waals surface area (Å²) in [4.78, 5) is 8.86. The van der Waals surface area contributed by atoms with Crippen LogP contribution in [0.1, 0.15) is 97.0 Å². The van der Waals surface area contributed by atoms with E-state index in [1.165, 1.54) is 56.9 Å². The molecule has 4 heteroatoms. The van der Waals surface area contributed by atoms with Gasteiger partial charge >= 0.3 is 0 Å². The predicted molar refractivity (Wildman–Crippen MR) is 133 cm³/mol. The maximum Gasteiger partial charge on any atom is 0.159 e. The highest BCUT2D eigenvalue weighted by molar-refractivity contribution is 5.55. The van der Waals surface area contributed by atoms with Gasteiger partial charge in [0.1, 0.15) is 6.17 Å². The summed E-state index contributed by atoms with van der Waals surface area (Å²) in [6.07, 6.45) is 16.0. The fraction of sp³-hybridized carbons (Fsp3) is 0.643. The van der Waals surface area contributed by atoms with Crippen molar-refractivity contribution in [1.82, 2.24) is 9.97 Å². The number of aryl methyl sites for hydroxylation is 1. The van der Waals surface area contributed by atoms with E-state index >= 15 is 0 Å². The fourth-order valence-electron chi connectivity index (χ4n) is 4.02. The molecular formula is C28H43FN2O. The van der Waals surface area contributed by atoms with E-state index in [1.54, 1.807) is 12.4 Å². The van der Waals surface area contributed by atoms with Crippen molar-refractivity contribution in [2.45, 2.75) is 104 Å². The largest absolute Gasteiger partial charge is 0.490 e. The zero-order valence-electron chi connectivity index (χ0n) is 20.5. The summed E-state index contributed by atoms with van der Waals surface area (Å²) in [5.41, 5.74) is 2.38. The van der Waals surface area contributed by atoms with Crippen LogP contribution in [0.15, 0.2) is 36.7 Å². The van der Waals surface area contributed by atoms with Crippen molar-refractivity contribution in [3.63, 3.8) is 0 Å². The zero-order valence-corrected chi connectivity index (χ0v) is 20.5. The molecule has 1 aromatic heterocycles. The van der Waals surface area contributed by atoms with Crippen LogP contribution in [0.3, 0.4) is 0 Å². The van der Waals surface area contributed by atoms with Crippen LogP contribution < -0.4 is 4.74 Å². The minimum atomic E-state index is -0.802. The van der Waals surface area contributed by atoms with E-state index in [9.17, 15) is 4.39 Å². The number of nitrogens with zero attached hydrogens (tertiary/aromatic N) is 2. The number of unbranched alkanes of at least 4 members (excludes halogenated alkanes) is 5. The number of benzene rings is 1. The average molecular weight is 443 g/mol. The summed E-state index contributed by atoms with van der Waals surface area (Å²) >= 11 is 0. The molecule has 0 spiro atoms. The van der Waals surface area contributed by atoms with Crippen molar-refractivity contribution in [3.05, 3.63) is 42.2 Å². The average Bonchev–Trinajstić information content (AvgIpc) is 2.81. The van der Waals surface area contributed by atoms with E-state index in [1.807, 2.05) is 0 Å². The molecule has 0 amide bonds. The first-order chi connectivity index (χ1) is 15.6. The fourth-order valence-corrected chi connectivity index (χ4v) is 4.02. The van der Waals surface area contributed by atoms with Crippen molar-refractivity contribution in [2.75, 3.05) is 6.61 Å². The van der Waals surface area contributed by atoms with Crippen molar-refractivity contribution < 1.29 is 9.13 Å². The molecule has 0 saturated carbocycles. The first-order valence-electron chi connectivity index (χ1n) is 12.8. The normalized spacial score (nSPS) is 13.1. The molecule has 2 rings (SSSR count). The maximum absolute atomic E-state index is 14.1. The first kappa shape index (κ1) is 26.3. The van der Waals surface area contributed by atoms with E-state index < -0.39 is 6.17 Å². The van der Waals surface area contributed by atoms with Crippen LogP contribution in [0, 0.1) is 5.92 Å². The van der Waals surface area contributed by atoms with Gasteiger partial charge in [0.25, 0.3) is 0 Å². The Morgan fingerprint density at radius 3 is 2.19 bits per heavy atom. The monoisotopic (exact) mass is 442 g/mol. The third-order valence-electron chi connectivity index (χ3n) is 6.11. The molecule has 2 atom stereocenters. The number of alkyl halides is 1. The second kappa shape index (κ2) is 15.8. The summed E-state index contributed by atoms with van der Waals surface area (Å²) in [6, 6.07) is 8.54. The molecule has 0 aliphatic rings. The summed E-state index contributed by atoms with van der Waals surface area (Å²) in [5, 5.41) is 0.